The molecular weight excluding hydrogens is 222 g/mol. The lowest BCUT2D eigenvalue weighted by Crippen LogP contribution is -2.50. The quantitative estimate of drug-likeness (QED) is 0.794. The molecule has 0 spiro atoms. The minimum atomic E-state index is -1.15. The molecule has 4 heteroatoms. The fraction of sp³-hybridized carbons (Fsp3) is 0.417. The molecule has 88 valence electrons. The van der Waals surface area contributed by atoms with Gasteiger partial charge in [-0.25, -0.2) is 0 Å². The molecule has 0 bridgehead atoms. The van der Waals surface area contributed by atoms with Crippen molar-refractivity contribution in [3.63, 3.8) is 0 Å². The van der Waals surface area contributed by atoms with E-state index in [1.807, 2.05) is 36.6 Å². The molecule has 3 N–H and O–H groups in total. The highest BCUT2D eigenvalue weighted by molar-refractivity contribution is 7.98. The van der Waals surface area contributed by atoms with E-state index in [2.05, 4.69) is 0 Å². The van der Waals surface area contributed by atoms with E-state index in [0.717, 1.165) is 11.3 Å². The van der Waals surface area contributed by atoms with E-state index in [4.69, 9.17) is 5.73 Å². The predicted octanol–water partition coefficient (Wildman–Crippen LogP) is 1.76. The SMILES string of the molecule is CSCC[C@@](N)(Cc1ccccc1)C(=O)O. The number of carbonyl (C=O) groups is 1. The van der Waals surface area contributed by atoms with Crippen LogP contribution in [0, 0.1) is 0 Å². The summed E-state index contributed by atoms with van der Waals surface area (Å²) in [6, 6.07) is 9.51. The Labute approximate surface area is 100 Å². The smallest absolute Gasteiger partial charge is 0.324 e. The molecule has 1 aromatic carbocycles. The van der Waals surface area contributed by atoms with E-state index < -0.39 is 11.5 Å². The third-order valence-electron chi connectivity index (χ3n) is 2.54. The zero-order valence-corrected chi connectivity index (χ0v) is 10.2. The van der Waals surface area contributed by atoms with Crippen molar-refractivity contribution in [2.24, 2.45) is 5.73 Å². The molecular formula is C12H17NO2S. The van der Waals surface area contributed by atoms with Crippen LogP contribution in [0.1, 0.15) is 12.0 Å². The summed E-state index contributed by atoms with van der Waals surface area (Å²) in [6.45, 7) is 0. The Kier molecular flexibility index (Phi) is 4.83. The van der Waals surface area contributed by atoms with Crippen molar-refractivity contribution in [3.8, 4) is 0 Å². The van der Waals surface area contributed by atoms with Crippen LogP contribution < -0.4 is 5.73 Å². The molecule has 1 rings (SSSR count). The van der Waals surface area contributed by atoms with Crippen molar-refractivity contribution in [1.82, 2.24) is 0 Å². The third kappa shape index (κ3) is 3.54. The molecule has 0 aliphatic heterocycles. The number of benzene rings is 1. The van der Waals surface area contributed by atoms with Gasteiger partial charge in [0.05, 0.1) is 0 Å². The van der Waals surface area contributed by atoms with Crippen LogP contribution in [0.2, 0.25) is 0 Å². The molecule has 16 heavy (non-hydrogen) atoms. The fourth-order valence-corrected chi connectivity index (χ4v) is 2.08. The highest BCUT2D eigenvalue weighted by Crippen LogP contribution is 2.17. The first-order valence-corrected chi connectivity index (χ1v) is 6.53. The largest absolute Gasteiger partial charge is 0.480 e. The predicted molar refractivity (Wildman–Crippen MR) is 67.7 cm³/mol. The van der Waals surface area contributed by atoms with Crippen molar-refractivity contribution < 1.29 is 9.90 Å². The van der Waals surface area contributed by atoms with Crippen LogP contribution in [0.4, 0.5) is 0 Å². The molecule has 0 saturated heterocycles. The maximum atomic E-state index is 11.2. The summed E-state index contributed by atoms with van der Waals surface area (Å²) >= 11 is 1.61. The number of hydrogen-bond acceptors (Lipinski definition) is 3. The lowest BCUT2D eigenvalue weighted by molar-refractivity contribution is -0.143. The summed E-state index contributed by atoms with van der Waals surface area (Å²) in [5, 5.41) is 9.19. The van der Waals surface area contributed by atoms with Gasteiger partial charge in [-0.15, -0.1) is 0 Å². The molecule has 0 aliphatic carbocycles. The second kappa shape index (κ2) is 5.92. The maximum Gasteiger partial charge on any atom is 0.324 e. The van der Waals surface area contributed by atoms with E-state index in [9.17, 15) is 9.90 Å². The molecule has 1 atom stereocenters. The molecule has 0 radical (unpaired) electrons. The zero-order valence-electron chi connectivity index (χ0n) is 9.35. The lowest BCUT2D eigenvalue weighted by Gasteiger charge is -2.24. The van der Waals surface area contributed by atoms with Gasteiger partial charge in [-0.05, 0) is 24.0 Å². The summed E-state index contributed by atoms with van der Waals surface area (Å²) in [5.74, 6) is -0.166. The second-order valence-electron chi connectivity index (χ2n) is 3.87. The van der Waals surface area contributed by atoms with Crippen LogP contribution in [-0.4, -0.2) is 28.6 Å². The number of thioether (sulfide) groups is 1. The first kappa shape index (κ1) is 13.1. The Morgan fingerprint density at radius 2 is 2.06 bits per heavy atom. The molecule has 0 fully saturated rings. The Bertz CT molecular complexity index is 342. The van der Waals surface area contributed by atoms with Gasteiger partial charge in [0, 0.05) is 6.42 Å². The Morgan fingerprint density at radius 1 is 1.44 bits per heavy atom. The Balaban J connectivity index is 2.75. The van der Waals surface area contributed by atoms with Gasteiger partial charge in [0.1, 0.15) is 5.54 Å². The van der Waals surface area contributed by atoms with Crippen molar-refractivity contribution in [3.05, 3.63) is 35.9 Å². The molecule has 3 nitrogen and oxygen atoms in total. The highest BCUT2D eigenvalue weighted by Gasteiger charge is 2.33. The molecule has 0 amide bonds. The van der Waals surface area contributed by atoms with Crippen molar-refractivity contribution in [1.29, 1.82) is 0 Å². The minimum Gasteiger partial charge on any atom is -0.480 e. The Morgan fingerprint density at radius 3 is 2.56 bits per heavy atom. The lowest BCUT2D eigenvalue weighted by atomic mass is 9.89. The van der Waals surface area contributed by atoms with Gasteiger partial charge in [-0.2, -0.15) is 11.8 Å². The van der Waals surface area contributed by atoms with Crippen molar-refractivity contribution >= 4 is 17.7 Å². The first-order valence-electron chi connectivity index (χ1n) is 5.13. The van der Waals surface area contributed by atoms with E-state index >= 15 is 0 Å². The van der Waals surface area contributed by atoms with Crippen LogP contribution in [0.25, 0.3) is 0 Å². The number of rotatable bonds is 6. The van der Waals surface area contributed by atoms with Crippen molar-refractivity contribution in [2.75, 3.05) is 12.0 Å². The van der Waals surface area contributed by atoms with E-state index in [1.165, 1.54) is 0 Å². The maximum absolute atomic E-state index is 11.2. The normalized spacial score (nSPS) is 14.4. The monoisotopic (exact) mass is 239 g/mol. The van der Waals surface area contributed by atoms with Crippen LogP contribution in [0.3, 0.4) is 0 Å². The molecule has 0 heterocycles. The molecule has 0 aromatic heterocycles. The van der Waals surface area contributed by atoms with Crippen molar-refractivity contribution in [2.45, 2.75) is 18.4 Å². The number of carboxylic acid groups (broad SMARTS) is 1. The van der Waals surface area contributed by atoms with E-state index in [0.29, 0.717) is 12.8 Å². The minimum absolute atomic E-state index is 0.379. The number of carboxylic acids is 1. The summed E-state index contributed by atoms with van der Waals surface area (Å²) in [6.07, 6.45) is 2.81. The van der Waals surface area contributed by atoms with Gasteiger partial charge < -0.3 is 10.8 Å². The van der Waals surface area contributed by atoms with Gasteiger partial charge >= 0.3 is 5.97 Å². The number of aliphatic carboxylic acids is 1. The summed E-state index contributed by atoms with van der Waals surface area (Å²) in [7, 11) is 0. The van der Waals surface area contributed by atoms with Gasteiger partial charge in [0.25, 0.3) is 0 Å². The summed E-state index contributed by atoms with van der Waals surface area (Å²) < 4.78 is 0. The highest BCUT2D eigenvalue weighted by atomic mass is 32.2. The number of hydrogen-bond donors (Lipinski definition) is 2. The van der Waals surface area contributed by atoms with Gasteiger partial charge in [-0.1, -0.05) is 30.3 Å². The average Bonchev–Trinajstić information content (AvgIpc) is 2.27. The van der Waals surface area contributed by atoms with E-state index in [1.54, 1.807) is 11.8 Å². The third-order valence-corrected chi connectivity index (χ3v) is 3.15. The standard InChI is InChI=1S/C12H17NO2S/c1-16-8-7-12(13,11(14)15)9-10-5-3-2-4-6-10/h2-6H,7-9,13H2,1H3,(H,14,15)/t12-/m1/s1. The fourth-order valence-electron chi connectivity index (χ4n) is 1.52. The van der Waals surface area contributed by atoms with Crippen LogP contribution >= 0.6 is 11.8 Å². The number of nitrogens with two attached hydrogens (primary N) is 1. The summed E-state index contributed by atoms with van der Waals surface area (Å²) in [5.41, 5.74) is 5.76. The second-order valence-corrected chi connectivity index (χ2v) is 4.85. The molecule has 0 unspecified atom stereocenters. The van der Waals surface area contributed by atoms with E-state index in [-0.39, 0.29) is 0 Å². The summed E-state index contributed by atoms with van der Waals surface area (Å²) in [4.78, 5) is 11.2. The Hall–Kier alpha value is -1.00. The molecule has 1 aromatic rings. The van der Waals surface area contributed by atoms with Gasteiger partial charge in [-0.3, -0.25) is 4.79 Å². The van der Waals surface area contributed by atoms with Crippen LogP contribution in [0.15, 0.2) is 30.3 Å². The topological polar surface area (TPSA) is 63.3 Å². The zero-order chi connectivity index (χ0) is 12.0. The van der Waals surface area contributed by atoms with Crippen LogP contribution in [0.5, 0.6) is 0 Å². The first-order chi connectivity index (χ1) is 7.58. The molecule has 0 saturated carbocycles. The van der Waals surface area contributed by atoms with Crippen LogP contribution in [-0.2, 0) is 11.2 Å². The van der Waals surface area contributed by atoms with Gasteiger partial charge in [0.2, 0.25) is 0 Å². The van der Waals surface area contributed by atoms with Gasteiger partial charge in [0.15, 0.2) is 0 Å². The molecule has 0 aliphatic rings. The average molecular weight is 239 g/mol.